The van der Waals surface area contributed by atoms with Gasteiger partial charge in [0.15, 0.2) is 11.5 Å². The highest BCUT2D eigenvalue weighted by Gasteiger charge is 2.13. The molecule has 8 heteroatoms. The van der Waals surface area contributed by atoms with E-state index in [0.29, 0.717) is 35.6 Å². The lowest BCUT2D eigenvalue weighted by Crippen LogP contribution is -2.06. The Labute approximate surface area is 156 Å². The summed E-state index contributed by atoms with van der Waals surface area (Å²) in [7, 11) is 3.35. The van der Waals surface area contributed by atoms with Gasteiger partial charge in [0.25, 0.3) is 0 Å². The van der Waals surface area contributed by atoms with E-state index in [-0.39, 0.29) is 0 Å². The molecule has 0 spiro atoms. The minimum atomic E-state index is 0.415. The van der Waals surface area contributed by atoms with Gasteiger partial charge in [0.2, 0.25) is 5.95 Å². The maximum Gasteiger partial charge on any atom is 0.242 e. The average Bonchev–Trinajstić information content (AvgIpc) is 3.05. The van der Waals surface area contributed by atoms with Crippen LogP contribution in [0, 0.1) is 6.92 Å². The van der Waals surface area contributed by atoms with Crippen LogP contribution in [0.25, 0.3) is 0 Å². The van der Waals surface area contributed by atoms with E-state index in [9.17, 15) is 0 Å². The van der Waals surface area contributed by atoms with Crippen LogP contribution in [0.15, 0.2) is 36.4 Å². The number of nitrogens with one attached hydrogen (secondary N) is 1. The lowest BCUT2D eigenvalue weighted by Gasteiger charge is -2.15. The van der Waals surface area contributed by atoms with Crippen LogP contribution in [0.3, 0.4) is 0 Å². The van der Waals surface area contributed by atoms with Gasteiger partial charge in [-0.2, -0.15) is 0 Å². The van der Waals surface area contributed by atoms with Crippen LogP contribution in [0.5, 0.6) is 11.5 Å². The predicted octanol–water partition coefficient (Wildman–Crippen LogP) is 3.37. The number of aromatic nitrogens is 4. The first-order valence-corrected chi connectivity index (χ1v) is 8.45. The fourth-order valence-corrected chi connectivity index (χ4v) is 2.70. The molecule has 0 aliphatic rings. The number of tetrazole rings is 1. The van der Waals surface area contributed by atoms with Crippen molar-refractivity contribution in [3.63, 3.8) is 0 Å². The van der Waals surface area contributed by atoms with Crippen molar-refractivity contribution in [2.24, 2.45) is 7.05 Å². The summed E-state index contributed by atoms with van der Waals surface area (Å²) < 4.78 is 12.9. The largest absolute Gasteiger partial charge is 0.493 e. The third kappa shape index (κ3) is 4.23. The SMILES string of the molecule is COc1cc(CNc2nnnn2C)cc(Cl)c1OCc1ccc(C)cc1. The van der Waals surface area contributed by atoms with E-state index in [4.69, 9.17) is 21.1 Å². The first kappa shape index (κ1) is 18.0. The van der Waals surface area contributed by atoms with Crippen molar-refractivity contribution in [2.45, 2.75) is 20.1 Å². The number of hydrogen-bond donors (Lipinski definition) is 1. The number of nitrogens with zero attached hydrogens (tertiary/aromatic N) is 4. The monoisotopic (exact) mass is 373 g/mol. The molecule has 0 saturated heterocycles. The highest BCUT2D eigenvalue weighted by Crippen LogP contribution is 2.37. The maximum atomic E-state index is 6.42. The molecule has 26 heavy (non-hydrogen) atoms. The lowest BCUT2D eigenvalue weighted by atomic mass is 10.1. The Bertz CT molecular complexity index is 880. The highest BCUT2D eigenvalue weighted by molar-refractivity contribution is 6.32. The molecule has 0 bridgehead atoms. The fraction of sp³-hybridized carbons (Fsp3) is 0.278. The molecule has 0 fully saturated rings. The van der Waals surface area contributed by atoms with E-state index in [1.54, 1.807) is 18.8 Å². The minimum Gasteiger partial charge on any atom is -0.493 e. The first-order valence-electron chi connectivity index (χ1n) is 8.08. The number of methoxy groups -OCH3 is 1. The molecule has 1 aromatic heterocycles. The second-order valence-corrected chi connectivity index (χ2v) is 6.27. The van der Waals surface area contributed by atoms with E-state index >= 15 is 0 Å². The zero-order valence-corrected chi connectivity index (χ0v) is 15.6. The number of benzene rings is 2. The average molecular weight is 374 g/mol. The van der Waals surface area contributed by atoms with Crippen LogP contribution in [0.1, 0.15) is 16.7 Å². The number of ether oxygens (including phenoxy) is 2. The van der Waals surface area contributed by atoms with Crippen molar-refractivity contribution in [1.29, 1.82) is 0 Å². The van der Waals surface area contributed by atoms with Crippen molar-refractivity contribution in [1.82, 2.24) is 20.2 Å². The molecule has 1 N–H and O–H groups in total. The van der Waals surface area contributed by atoms with Crippen molar-refractivity contribution >= 4 is 17.5 Å². The van der Waals surface area contributed by atoms with E-state index < -0.39 is 0 Å². The van der Waals surface area contributed by atoms with Gasteiger partial charge in [-0.05, 0) is 40.6 Å². The molecule has 136 valence electrons. The highest BCUT2D eigenvalue weighted by atomic mass is 35.5. The van der Waals surface area contributed by atoms with Crippen molar-refractivity contribution in [3.05, 3.63) is 58.1 Å². The Kier molecular flexibility index (Phi) is 5.58. The van der Waals surface area contributed by atoms with E-state index in [0.717, 1.165) is 11.1 Å². The predicted molar refractivity (Wildman–Crippen MR) is 99.6 cm³/mol. The summed E-state index contributed by atoms with van der Waals surface area (Å²) in [6.07, 6.45) is 0. The van der Waals surface area contributed by atoms with Gasteiger partial charge >= 0.3 is 0 Å². The zero-order valence-electron chi connectivity index (χ0n) is 14.9. The van der Waals surface area contributed by atoms with Gasteiger partial charge in [0.1, 0.15) is 6.61 Å². The summed E-state index contributed by atoms with van der Waals surface area (Å²) >= 11 is 6.42. The third-order valence-corrected chi connectivity index (χ3v) is 4.14. The number of rotatable bonds is 7. The van der Waals surface area contributed by atoms with Gasteiger partial charge in [0, 0.05) is 13.6 Å². The first-order chi connectivity index (χ1) is 12.6. The molecule has 0 aliphatic heterocycles. The second-order valence-electron chi connectivity index (χ2n) is 5.86. The number of halogens is 1. The quantitative estimate of drug-likeness (QED) is 0.684. The Morgan fingerprint density at radius 1 is 1.15 bits per heavy atom. The van der Waals surface area contributed by atoms with Gasteiger partial charge in [0.05, 0.1) is 12.1 Å². The molecular weight excluding hydrogens is 354 g/mol. The van der Waals surface area contributed by atoms with Crippen molar-refractivity contribution < 1.29 is 9.47 Å². The van der Waals surface area contributed by atoms with Gasteiger partial charge in [-0.25, -0.2) is 4.68 Å². The molecular formula is C18H20ClN5O2. The molecule has 0 amide bonds. The van der Waals surface area contributed by atoms with Crippen molar-refractivity contribution in [2.75, 3.05) is 12.4 Å². The lowest BCUT2D eigenvalue weighted by molar-refractivity contribution is 0.284. The van der Waals surface area contributed by atoms with Gasteiger partial charge < -0.3 is 14.8 Å². The van der Waals surface area contributed by atoms with Crippen LogP contribution in [0.4, 0.5) is 5.95 Å². The molecule has 0 unspecified atom stereocenters. The molecule has 3 aromatic rings. The molecule has 1 heterocycles. The van der Waals surface area contributed by atoms with Gasteiger partial charge in [-0.1, -0.05) is 46.5 Å². The summed E-state index contributed by atoms with van der Waals surface area (Å²) in [5.41, 5.74) is 3.20. The third-order valence-electron chi connectivity index (χ3n) is 3.86. The summed E-state index contributed by atoms with van der Waals surface area (Å²) in [5, 5.41) is 14.9. The van der Waals surface area contributed by atoms with Crippen LogP contribution in [0.2, 0.25) is 5.02 Å². The van der Waals surface area contributed by atoms with Gasteiger partial charge in [-0.15, -0.1) is 0 Å². The van der Waals surface area contributed by atoms with Crippen molar-refractivity contribution in [3.8, 4) is 11.5 Å². The van der Waals surface area contributed by atoms with E-state index in [1.165, 1.54) is 5.56 Å². The van der Waals surface area contributed by atoms with Crippen LogP contribution in [-0.2, 0) is 20.2 Å². The van der Waals surface area contributed by atoms with Crippen LogP contribution < -0.4 is 14.8 Å². The van der Waals surface area contributed by atoms with E-state index in [2.05, 4.69) is 20.8 Å². The van der Waals surface area contributed by atoms with Crippen LogP contribution in [-0.4, -0.2) is 27.3 Å². The summed E-state index contributed by atoms with van der Waals surface area (Å²) in [4.78, 5) is 0. The Balaban J connectivity index is 1.72. The molecule has 7 nitrogen and oxygen atoms in total. The van der Waals surface area contributed by atoms with E-state index in [1.807, 2.05) is 43.3 Å². The Morgan fingerprint density at radius 2 is 1.92 bits per heavy atom. The van der Waals surface area contributed by atoms with Crippen LogP contribution >= 0.6 is 11.6 Å². The fourth-order valence-electron chi connectivity index (χ4n) is 2.42. The second kappa shape index (κ2) is 8.05. The normalized spacial score (nSPS) is 10.6. The summed E-state index contributed by atoms with van der Waals surface area (Å²) in [5.74, 6) is 1.68. The molecule has 3 rings (SSSR count). The Morgan fingerprint density at radius 3 is 2.58 bits per heavy atom. The smallest absolute Gasteiger partial charge is 0.242 e. The number of aryl methyl sites for hydroxylation is 2. The summed E-state index contributed by atoms with van der Waals surface area (Å²) in [6.45, 7) is 2.97. The zero-order chi connectivity index (χ0) is 18.5. The summed E-state index contributed by atoms with van der Waals surface area (Å²) in [6, 6.07) is 11.9. The number of hydrogen-bond acceptors (Lipinski definition) is 6. The molecule has 0 saturated carbocycles. The molecule has 0 atom stereocenters. The maximum absolute atomic E-state index is 6.42. The number of anilines is 1. The Hall–Kier alpha value is -2.80. The topological polar surface area (TPSA) is 74.1 Å². The molecule has 0 aliphatic carbocycles. The molecule has 2 aromatic carbocycles. The minimum absolute atomic E-state index is 0.415. The molecule has 0 radical (unpaired) electrons. The standard InChI is InChI=1S/C18H20ClN5O2/c1-12-4-6-13(7-5-12)11-26-17-15(19)8-14(9-16(17)25-3)10-20-18-21-22-23-24(18)2/h4-9H,10-11H2,1-3H3,(H,20,21,23). The van der Waals surface area contributed by atoms with Gasteiger partial charge in [-0.3, -0.25) is 0 Å².